The molecule has 0 fully saturated rings. The Morgan fingerprint density at radius 3 is 1.93 bits per heavy atom. The number of aliphatic hydroxyl groups is 2. The molecule has 1 amide bonds. The number of aliphatic hydroxyl groups excluding tert-OH is 2. The Hall–Kier alpha value is -1.32. The second kappa shape index (κ2) is 29.4. The van der Waals surface area contributed by atoms with Crippen molar-refractivity contribution in [3.63, 3.8) is 0 Å². The highest BCUT2D eigenvalue weighted by atomic mass is 31.2. The van der Waals surface area contributed by atoms with Crippen LogP contribution < -0.4 is 11.1 Å². The van der Waals surface area contributed by atoms with Crippen molar-refractivity contribution in [3.8, 4) is 0 Å². The lowest BCUT2D eigenvalue weighted by Crippen LogP contribution is -2.46. The normalized spacial score (nSPS) is 15.8. The molecule has 9 nitrogen and oxygen atoms in total. The molecule has 4 unspecified atom stereocenters. The predicted molar refractivity (Wildman–Crippen MR) is 177 cm³/mol. The van der Waals surface area contributed by atoms with Crippen LogP contribution >= 0.6 is 7.82 Å². The quantitative estimate of drug-likeness (QED) is 0.0323. The Morgan fingerprint density at radius 2 is 1.35 bits per heavy atom. The van der Waals surface area contributed by atoms with Crippen molar-refractivity contribution in [2.24, 2.45) is 5.73 Å². The molecule has 0 radical (unpaired) electrons. The molecule has 43 heavy (non-hydrogen) atoms. The summed E-state index contributed by atoms with van der Waals surface area (Å²) in [5, 5.41) is 23.6. The molecule has 0 heterocycles. The zero-order valence-electron chi connectivity index (χ0n) is 27.0. The monoisotopic (exact) mass is 630 g/mol. The van der Waals surface area contributed by atoms with E-state index in [0.29, 0.717) is 6.42 Å². The molecule has 6 N–H and O–H groups in total. The first-order chi connectivity index (χ1) is 20.8. The van der Waals surface area contributed by atoms with Gasteiger partial charge in [-0.15, -0.1) is 0 Å². The molecule has 0 saturated heterocycles. The molecule has 0 spiro atoms. The Kier molecular flexibility index (Phi) is 28.5. The summed E-state index contributed by atoms with van der Waals surface area (Å²) < 4.78 is 21.8. The van der Waals surface area contributed by atoms with E-state index in [1.54, 1.807) is 12.2 Å². The number of phosphoric ester groups is 1. The van der Waals surface area contributed by atoms with Crippen LogP contribution in [0.15, 0.2) is 36.5 Å². The van der Waals surface area contributed by atoms with E-state index >= 15 is 0 Å². The van der Waals surface area contributed by atoms with Gasteiger partial charge in [-0.3, -0.25) is 13.8 Å². The number of nitrogens with one attached hydrogen (secondary N) is 1. The fourth-order valence-electron chi connectivity index (χ4n) is 4.47. The van der Waals surface area contributed by atoms with E-state index in [0.717, 1.165) is 25.7 Å². The molecule has 0 bridgehead atoms. The molecular weight excluding hydrogens is 567 g/mol. The van der Waals surface area contributed by atoms with Gasteiger partial charge in [0.2, 0.25) is 5.91 Å². The number of rotatable bonds is 30. The van der Waals surface area contributed by atoms with Crippen molar-refractivity contribution in [1.82, 2.24) is 5.32 Å². The van der Waals surface area contributed by atoms with Crippen LogP contribution in [0.2, 0.25) is 0 Å². The minimum absolute atomic E-state index is 0.0402. The average Bonchev–Trinajstić information content (AvgIpc) is 2.97. The average molecular weight is 631 g/mol. The predicted octanol–water partition coefficient (Wildman–Crippen LogP) is 7.02. The van der Waals surface area contributed by atoms with Crippen LogP contribution in [-0.2, 0) is 18.4 Å². The number of amides is 1. The number of allylic oxidation sites excluding steroid dienone is 4. The minimum Gasteiger partial charge on any atom is -0.389 e. The maximum Gasteiger partial charge on any atom is 0.472 e. The minimum atomic E-state index is -4.40. The van der Waals surface area contributed by atoms with Gasteiger partial charge in [0.15, 0.2) is 0 Å². The summed E-state index contributed by atoms with van der Waals surface area (Å²) in [6.07, 6.45) is 28.3. The van der Waals surface area contributed by atoms with Crippen LogP contribution in [0, 0.1) is 0 Å². The van der Waals surface area contributed by atoms with E-state index < -0.39 is 38.6 Å². The van der Waals surface area contributed by atoms with E-state index in [1.165, 1.54) is 77.0 Å². The lowest BCUT2D eigenvalue weighted by molar-refractivity contribution is -0.124. The molecule has 10 heteroatoms. The van der Waals surface area contributed by atoms with Gasteiger partial charge in [0.05, 0.1) is 37.9 Å². The molecule has 252 valence electrons. The zero-order valence-corrected chi connectivity index (χ0v) is 27.9. The van der Waals surface area contributed by atoms with Crippen molar-refractivity contribution in [2.75, 3.05) is 19.8 Å². The highest BCUT2D eigenvalue weighted by Crippen LogP contribution is 2.43. The summed E-state index contributed by atoms with van der Waals surface area (Å²) in [5.41, 5.74) is 5.32. The van der Waals surface area contributed by atoms with Crippen molar-refractivity contribution < 1.29 is 33.5 Å². The maximum absolute atomic E-state index is 12.6. The third-order valence-electron chi connectivity index (χ3n) is 7.02. The number of hydrogen-bond donors (Lipinski definition) is 5. The number of carbonyl (C=O) groups excluding carboxylic acids is 1. The Balaban J connectivity index is 4.67. The van der Waals surface area contributed by atoms with Gasteiger partial charge in [-0.25, -0.2) is 4.57 Å². The first kappa shape index (κ1) is 41.7. The van der Waals surface area contributed by atoms with Crippen LogP contribution in [0.25, 0.3) is 0 Å². The Bertz CT molecular complexity index is 791. The Labute approximate surface area is 262 Å². The fraction of sp³-hybridized carbons (Fsp3) is 0.788. The van der Waals surface area contributed by atoms with Crippen LogP contribution in [0.5, 0.6) is 0 Å². The fourth-order valence-corrected chi connectivity index (χ4v) is 5.23. The van der Waals surface area contributed by atoms with Gasteiger partial charge in [-0.05, 0) is 32.1 Å². The van der Waals surface area contributed by atoms with E-state index in [9.17, 15) is 24.5 Å². The van der Waals surface area contributed by atoms with Crippen LogP contribution in [0.1, 0.15) is 129 Å². The van der Waals surface area contributed by atoms with Crippen LogP contribution in [0.4, 0.5) is 0 Å². The Morgan fingerprint density at radius 1 is 0.791 bits per heavy atom. The molecule has 0 saturated carbocycles. The molecule has 4 atom stereocenters. The van der Waals surface area contributed by atoms with Crippen molar-refractivity contribution in [1.29, 1.82) is 0 Å². The molecule has 0 aliphatic carbocycles. The number of unbranched alkanes of at least 4 members (excludes halogenated alkanes) is 14. The first-order valence-corrected chi connectivity index (χ1v) is 18.2. The lowest BCUT2D eigenvalue weighted by Gasteiger charge is -2.23. The number of phosphoric acid groups is 1. The third kappa shape index (κ3) is 27.9. The van der Waals surface area contributed by atoms with Gasteiger partial charge in [0.25, 0.3) is 0 Å². The molecule has 0 aromatic heterocycles. The van der Waals surface area contributed by atoms with Gasteiger partial charge >= 0.3 is 7.82 Å². The maximum atomic E-state index is 12.6. The molecule has 0 aromatic carbocycles. The number of nitrogens with two attached hydrogens (primary N) is 1. The molecule has 0 aliphatic heterocycles. The highest BCUT2D eigenvalue weighted by molar-refractivity contribution is 7.47. The highest BCUT2D eigenvalue weighted by Gasteiger charge is 2.27. The summed E-state index contributed by atoms with van der Waals surface area (Å²) in [6, 6.07) is -1.01. The van der Waals surface area contributed by atoms with Crippen LogP contribution in [-0.4, -0.2) is 59.0 Å². The summed E-state index contributed by atoms with van der Waals surface area (Å²) in [5.74, 6) is -0.518. The van der Waals surface area contributed by atoms with Gasteiger partial charge in [-0.1, -0.05) is 127 Å². The summed E-state index contributed by atoms with van der Waals surface area (Å²) in [7, 11) is -4.40. The largest absolute Gasteiger partial charge is 0.472 e. The second-order valence-corrected chi connectivity index (χ2v) is 12.7. The van der Waals surface area contributed by atoms with Gasteiger partial charge in [-0.2, -0.15) is 0 Å². The third-order valence-corrected chi connectivity index (χ3v) is 8.01. The van der Waals surface area contributed by atoms with Gasteiger partial charge < -0.3 is 26.2 Å². The van der Waals surface area contributed by atoms with Crippen LogP contribution in [0.3, 0.4) is 0 Å². The number of hydrogen-bond acceptors (Lipinski definition) is 7. The summed E-state index contributed by atoms with van der Waals surface area (Å²) >= 11 is 0. The lowest BCUT2D eigenvalue weighted by atomic mass is 10.1. The number of carbonyl (C=O) groups is 1. The summed E-state index contributed by atoms with van der Waals surface area (Å²) in [4.78, 5) is 22.5. The SMILES string of the molecule is CCCCCCCC/C=C\C/C=C\C(O)CC(=O)NC(COP(=O)(O)OCCN)C(O)/C=C/CCCCCCCCCC. The van der Waals surface area contributed by atoms with E-state index in [-0.39, 0.29) is 19.6 Å². The topological polar surface area (TPSA) is 151 Å². The summed E-state index contributed by atoms with van der Waals surface area (Å²) in [6.45, 7) is 3.84. The first-order valence-electron chi connectivity index (χ1n) is 16.7. The van der Waals surface area contributed by atoms with Crippen molar-refractivity contribution >= 4 is 13.7 Å². The van der Waals surface area contributed by atoms with Gasteiger partial charge in [0.1, 0.15) is 0 Å². The van der Waals surface area contributed by atoms with E-state index in [2.05, 4.69) is 31.3 Å². The van der Waals surface area contributed by atoms with Crippen molar-refractivity contribution in [3.05, 3.63) is 36.5 Å². The second-order valence-electron chi connectivity index (χ2n) is 11.2. The van der Waals surface area contributed by atoms with Gasteiger partial charge in [0, 0.05) is 6.54 Å². The standard InChI is InChI=1S/C33H63N2O7P/c1-3-5-7-9-11-13-15-16-18-20-22-24-30(36)28-33(38)35-31(29-42-43(39,40)41-27-26-34)32(37)25-23-21-19-17-14-12-10-8-6-4-2/h16,18,22-25,30-32,36-37H,3-15,17,19-21,26-29,34H2,1-2H3,(H,35,38)(H,39,40)/b18-16-,24-22-,25-23+. The molecule has 0 aromatic rings. The smallest absolute Gasteiger partial charge is 0.389 e. The van der Waals surface area contributed by atoms with E-state index in [4.69, 9.17) is 14.8 Å². The van der Waals surface area contributed by atoms with Crippen molar-refractivity contribution in [2.45, 2.75) is 148 Å². The van der Waals surface area contributed by atoms with E-state index in [1.807, 2.05) is 12.2 Å². The molecular formula is C33H63N2O7P. The molecule has 0 rings (SSSR count). The molecule has 0 aliphatic rings. The zero-order chi connectivity index (χ0) is 32.0.